The van der Waals surface area contributed by atoms with Gasteiger partial charge in [-0.05, 0) is 33.6 Å². The summed E-state index contributed by atoms with van der Waals surface area (Å²) in [5, 5.41) is 6.13. The normalized spacial score (nSPS) is 11.2. The van der Waals surface area contributed by atoms with Gasteiger partial charge in [0.1, 0.15) is 22.4 Å². The summed E-state index contributed by atoms with van der Waals surface area (Å²) in [6, 6.07) is 6.75. The van der Waals surface area contributed by atoms with Gasteiger partial charge in [0.05, 0.1) is 4.90 Å². The lowest BCUT2D eigenvalue weighted by Gasteiger charge is -2.10. The Hall–Kier alpha value is -1.67. The maximum Gasteiger partial charge on any atom is 0.175 e. The minimum Gasteiger partial charge on any atom is -0.372 e. The quantitative estimate of drug-likeness (QED) is 0.839. The Morgan fingerprint density at radius 2 is 1.76 bits per heavy atom. The van der Waals surface area contributed by atoms with Crippen LogP contribution in [0.4, 0.5) is 11.6 Å². The van der Waals surface area contributed by atoms with Gasteiger partial charge in [-0.2, -0.15) is 0 Å². The molecule has 2 aromatic rings. The Morgan fingerprint density at radius 3 is 2.33 bits per heavy atom. The molecule has 0 unspecified atom stereocenters. The second-order valence-electron chi connectivity index (χ2n) is 4.40. The standard InChI is InChI=1S/C13H15BrN4O2S/c1-15-12-11(14)13(18-8-17-12)16-7-9-3-5-10(6-4-9)21(2,19)20/h3-6,8H,7H2,1-2H3,(H2,15,16,17,18). The fourth-order valence-corrected chi connectivity index (χ4v) is 2.88. The lowest BCUT2D eigenvalue weighted by molar-refractivity contribution is 0.602. The van der Waals surface area contributed by atoms with Crippen LogP contribution in [0.15, 0.2) is 40.0 Å². The van der Waals surface area contributed by atoms with Gasteiger partial charge in [0.15, 0.2) is 9.84 Å². The number of hydrogen-bond donors (Lipinski definition) is 2. The van der Waals surface area contributed by atoms with Crippen LogP contribution in [-0.4, -0.2) is 31.7 Å². The number of anilines is 2. The summed E-state index contributed by atoms with van der Waals surface area (Å²) in [6.07, 6.45) is 2.66. The molecule has 2 N–H and O–H groups in total. The molecule has 0 saturated heterocycles. The van der Waals surface area contributed by atoms with Gasteiger partial charge in [0.2, 0.25) is 0 Å². The predicted molar refractivity (Wildman–Crippen MR) is 86.2 cm³/mol. The third kappa shape index (κ3) is 3.92. The van der Waals surface area contributed by atoms with Crippen molar-refractivity contribution in [3.05, 3.63) is 40.6 Å². The van der Waals surface area contributed by atoms with E-state index in [2.05, 4.69) is 36.5 Å². The molecule has 112 valence electrons. The molecule has 0 aliphatic rings. The lowest BCUT2D eigenvalue weighted by Crippen LogP contribution is -2.05. The summed E-state index contributed by atoms with van der Waals surface area (Å²) < 4.78 is 23.5. The SMILES string of the molecule is CNc1ncnc(NCc2ccc(S(C)(=O)=O)cc2)c1Br. The monoisotopic (exact) mass is 370 g/mol. The summed E-state index contributed by atoms with van der Waals surface area (Å²) in [5.74, 6) is 1.36. The number of nitrogens with zero attached hydrogens (tertiary/aromatic N) is 2. The zero-order valence-electron chi connectivity index (χ0n) is 11.6. The molecular formula is C13H15BrN4O2S. The molecule has 6 nitrogen and oxygen atoms in total. The summed E-state index contributed by atoms with van der Waals surface area (Å²) in [6.45, 7) is 0.531. The Morgan fingerprint density at radius 1 is 1.14 bits per heavy atom. The molecule has 0 saturated carbocycles. The van der Waals surface area contributed by atoms with Crippen molar-refractivity contribution < 1.29 is 8.42 Å². The van der Waals surface area contributed by atoms with Crippen molar-refractivity contribution in [2.75, 3.05) is 23.9 Å². The number of benzene rings is 1. The molecule has 8 heteroatoms. The average Bonchev–Trinajstić information content (AvgIpc) is 2.46. The molecule has 0 fully saturated rings. The Kier molecular flexibility index (Phi) is 4.79. The molecule has 0 radical (unpaired) electrons. The molecule has 1 aromatic carbocycles. The summed E-state index contributed by atoms with van der Waals surface area (Å²) in [7, 11) is -1.38. The van der Waals surface area contributed by atoms with Gasteiger partial charge in [-0.1, -0.05) is 12.1 Å². The van der Waals surface area contributed by atoms with E-state index >= 15 is 0 Å². The zero-order chi connectivity index (χ0) is 15.5. The molecule has 0 spiro atoms. The topological polar surface area (TPSA) is 84.0 Å². The minimum atomic E-state index is -3.16. The van der Waals surface area contributed by atoms with Crippen molar-refractivity contribution in [1.82, 2.24) is 9.97 Å². The van der Waals surface area contributed by atoms with Gasteiger partial charge in [0.25, 0.3) is 0 Å². The van der Waals surface area contributed by atoms with E-state index in [1.54, 1.807) is 31.3 Å². The second kappa shape index (κ2) is 6.40. The van der Waals surface area contributed by atoms with Crippen LogP contribution in [0.1, 0.15) is 5.56 Å². The molecule has 0 bridgehead atoms. The van der Waals surface area contributed by atoms with Crippen molar-refractivity contribution >= 4 is 37.4 Å². The maximum atomic E-state index is 11.4. The average molecular weight is 371 g/mol. The van der Waals surface area contributed by atoms with Crippen molar-refractivity contribution in [2.45, 2.75) is 11.4 Å². The van der Waals surface area contributed by atoms with Crippen LogP contribution in [0.2, 0.25) is 0 Å². The van der Waals surface area contributed by atoms with Crippen LogP contribution in [0.3, 0.4) is 0 Å². The maximum absolute atomic E-state index is 11.4. The first kappa shape index (κ1) is 15.7. The van der Waals surface area contributed by atoms with E-state index < -0.39 is 9.84 Å². The lowest BCUT2D eigenvalue weighted by atomic mass is 10.2. The van der Waals surface area contributed by atoms with Crippen LogP contribution in [0.5, 0.6) is 0 Å². The van der Waals surface area contributed by atoms with E-state index in [4.69, 9.17) is 0 Å². The van der Waals surface area contributed by atoms with Crippen LogP contribution >= 0.6 is 15.9 Å². The van der Waals surface area contributed by atoms with Gasteiger partial charge in [-0.15, -0.1) is 0 Å². The highest BCUT2D eigenvalue weighted by Crippen LogP contribution is 2.26. The molecule has 0 aliphatic carbocycles. The molecule has 0 amide bonds. The Balaban J connectivity index is 2.10. The van der Waals surface area contributed by atoms with Crippen LogP contribution < -0.4 is 10.6 Å². The second-order valence-corrected chi connectivity index (χ2v) is 7.21. The first-order valence-electron chi connectivity index (χ1n) is 6.13. The number of sulfone groups is 1. The fraction of sp³-hybridized carbons (Fsp3) is 0.231. The van der Waals surface area contributed by atoms with Gasteiger partial charge >= 0.3 is 0 Å². The third-order valence-corrected chi connectivity index (χ3v) is 4.72. The van der Waals surface area contributed by atoms with E-state index in [0.29, 0.717) is 23.1 Å². The Labute approximate surface area is 132 Å². The van der Waals surface area contributed by atoms with E-state index in [1.807, 2.05) is 0 Å². The van der Waals surface area contributed by atoms with Crippen LogP contribution in [0.25, 0.3) is 0 Å². The smallest absolute Gasteiger partial charge is 0.175 e. The number of rotatable bonds is 5. The predicted octanol–water partition coefficient (Wildman–Crippen LogP) is 2.30. The molecule has 1 heterocycles. The first-order chi connectivity index (χ1) is 9.91. The largest absolute Gasteiger partial charge is 0.372 e. The number of nitrogens with one attached hydrogen (secondary N) is 2. The fourth-order valence-electron chi connectivity index (χ4n) is 1.71. The zero-order valence-corrected chi connectivity index (χ0v) is 14.0. The summed E-state index contributed by atoms with van der Waals surface area (Å²) in [5.41, 5.74) is 0.957. The van der Waals surface area contributed by atoms with Crippen molar-refractivity contribution in [1.29, 1.82) is 0 Å². The highest BCUT2D eigenvalue weighted by Gasteiger charge is 2.08. The third-order valence-electron chi connectivity index (χ3n) is 2.84. The molecular weight excluding hydrogens is 356 g/mol. The number of halogens is 1. The van der Waals surface area contributed by atoms with Gasteiger partial charge in [0, 0.05) is 19.8 Å². The van der Waals surface area contributed by atoms with Gasteiger partial charge in [-0.25, -0.2) is 18.4 Å². The number of hydrogen-bond acceptors (Lipinski definition) is 6. The Bertz CT molecular complexity index is 732. The first-order valence-corrected chi connectivity index (χ1v) is 8.81. The molecule has 0 atom stereocenters. The van der Waals surface area contributed by atoms with Crippen molar-refractivity contribution in [2.24, 2.45) is 0 Å². The van der Waals surface area contributed by atoms with Gasteiger partial charge < -0.3 is 10.6 Å². The molecule has 1 aromatic heterocycles. The van der Waals surface area contributed by atoms with Crippen LogP contribution in [0, 0.1) is 0 Å². The van der Waals surface area contributed by atoms with Crippen molar-refractivity contribution in [3.63, 3.8) is 0 Å². The van der Waals surface area contributed by atoms with E-state index in [9.17, 15) is 8.42 Å². The van der Waals surface area contributed by atoms with Gasteiger partial charge in [-0.3, -0.25) is 0 Å². The van der Waals surface area contributed by atoms with Crippen LogP contribution in [-0.2, 0) is 16.4 Å². The summed E-state index contributed by atoms with van der Waals surface area (Å²) in [4.78, 5) is 8.54. The highest BCUT2D eigenvalue weighted by atomic mass is 79.9. The number of aromatic nitrogens is 2. The van der Waals surface area contributed by atoms with Crippen molar-refractivity contribution in [3.8, 4) is 0 Å². The van der Waals surface area contributed by atoms with E-state index in [-0.39, 0.29) is 0 Å². The molecule has 21 heavy (non-hydrogen) atoms. The minimum absolute atomic E-state index is 0.312. The van der Waals surface area contributed by atoms with E-state index in [1.165, 1.54) is 12.6 Å². The molecule has 0 aliphatic heterocycles. The van der Waals surface area contributed by atoms with E-state index in [0.717, 1.165) is 10.0 Å². The highest BCUT2D eigenvalue weighted by molar-refractivity contribution is 9.10. The molecule has 2 rings (SSSR count). The summed E-state index contributed by atoms with van der Waals surface area (Å²) >= 11 is 3.42.